The second-order valence-corrected chi connectivity index (χ2v) is 9.69. The van der Waals surface area contributed by atoms with Crippen LogP contribution in [0.2, 0.25) is 0 Å². The van der Waals surface area contributed by atoms with E-state index >= 15 is 0 Å². The zero-order valence-electron chi connectivity index (χ0n) is 18.1. The number of aryl methyl sites for hydroxylation is 1. The Morgan fingerprint density at radius 2 is 1.44 bits per heavy atom. The Morgan fingerprint density at radius 3 is 1.97 bits per heavy atom. The Morgan fingerprint density at radius 1 is 0.906 bits per heavy atom. The summed E-state index contributed by atoms with van der Waals surface area (Å²) in [7, 11) is -3.70. The van der Waals surface area contributed by atoms with Crippen molar-refractivity contribution in [3.63, 3.8) is 0 Å². The number of aliphatic hydroxyl groups excluding tert-OH is 1. The van der Waals surface area contributed by atoms with Gasteiger partial charge in [-0.1, -0.05) is 78.3 Å². The molecule has 3 aromatic rings. The molecule has 166 valence electrons. The maximum absolute atomic E-state index is 12.9. The average Bonchev–Trinajstić information content (AvgIpc) is 3.12. The highest BCUT2D eigenvalue weighted by Crippen LogP contribution is 2.36. The predicted molar refractivity (Wildman–Crippen MR) is 125 cm³/mol. The molecule has 4 rings (SSSR count). The zero-order chi connectivity index (χ0) is 22.7. The quantitative estimate of drug-likeness (QED) is 0.414. The smallest absolute Gasteiger partial charge is 0.243 e. The van der Waals surface area contributed by atoms with E-state index in [1.165, 1.54) is 4.31 Å². The molecule has 3 aromatic carbocycles. The number of fused-ring (bicyclic) bond motifs is 3. The number of rotatable bonds is 8. The van der Waals surface area contributed by atoms with Crippen LogP contribution in [0.1, 0.15) is 23.6 Å². The summed E-state index contributed by atoms with van der Waals surface area (Å²) in [4.78, 5) is 5.70. The first-order chi connectivity index (χ1) is 15.4. The van der Waals surface area contributed by atoms with E-state index in [-0.39, 0.29) is 24.6 Å². The first-order valence-electron chi connectivity index (χ1n) is 10.6. The molecule has 0 amide bonds. The summed E-state index contributed by atoms with van der Waals surface area (Å²) in [5, 5.41) is 14.8. The van der Waals surface area contributed by atoms with Gasteiger partial charge in [-0.2, -0.15) is 4.31 Å². The molecule has 0 saturated carbocycles. The number of aliphatic hydroxyl groups is 1. The van der Waals surface area contributed by atoms with E-state index in [0.717, 1.165) is 27.8 Å². The fourth-order valence-electron chi connectivity index (χ4n) is 3.82. The summed E-state index contributed by atoms with van der Waals surface area (Å²) in [5.41, 5.74) is 5.82. The molecule has 0 fully saturated rings. The minimum Gasteiger partial charge on any atom is -0.392 e. The molecule has 0 spiro atoms. The maximum Gasteiger partial charge on any atom is 0.243 e. The zero-order valence-corrected chi connectivity index (χ0v) is 18.9. The molecular weight excluding hydrogens is 424 g/mol. The largest absolute Gasteiger partial charge is 0.392 e. The average molecular weight is 451 g/mol. The fourth-order valence-corrected chi connectivity index (χ4v) is 5.31. The molecule has 0 aliphatic heterocycles. The second-order valence-electron chi connectivity index (χ2n) is 7.75. The highest BCUT2D eigenvalue weighted by atomic mass is 32.2. The van der Waals surface area contributed by atoms with Gasteiger partial charge in [0.2, 0.25) is 10.0 Å². The van der Waals surface area contributed by atoms with Crippen molar-refractivity contribution in [1.82, 2.24) is 4.31 Å². The van der Waals surface area contributed by atoms with Crippen LogP contribution in [-0.2, 0) is 14.9 Å². The van der Waals surface area contributed by atoms with Crippen molar-refractivity contribution in [2.75, 3.05) is 19.7 Å². The van der Waals surface area contributed by atoms with Crippen LogP contribution in [0.15, 0.2) is 82.8 Å². The molecule has 0 radical (unpaired) electrons. The third kappa shape index (κ3) is 4.32. The second kappa shape index (κ2) is 9.24. The van der Waals surface area contributed by atoms with E-state index in [2.05, 4.69) is 5.16 Å². The summed E-state index contributed by atoms with van der Waals surface area (Å²) in [6.45, 7) is 3.69. The molecule has 0 bridgehead atoms. The minimum absolute atomic E-state index is 0.0786. The van der Waals surface area contributed by atoms with Gasteiger partial charge in [-0.3, -0.25) is 0 Å². The minimum atomic E-state index is -3.70. The van der Waals surface area contributed by atoms with E-state index in [4.69, 9.17) is 4.84 Å². The summed E-state index contributed by atoms with van der Waals surface area (Å²) >= 11 is 0. The topological polar surface area (TPSA) is 79.2 Å². The van der Waals surface area contributed by atoms with Gasteiger partial charge >= 0.3 is 0 Å². The molecule has 32 heavy (non-hydrogen) atoms. The van der Waals surface area contributed by atoms with Gasteiger partial charge in [-0.05, 0) is 30.2 Å². The Hall–Kier alpha value is -3.00. The van der Waals surface area contributed by atoms with Crippen molar-refractivity contribution in [1.29, 1.82) is 0 Å². The molecule has 0 unspecified atom stereocenters. The Balaban J connectivity index is 1.45. The van der Waals surface area contributed by atoms with Crippen LogP contribution < -0.4 is 0 Å². The van der Waals surface area contributed by atoms with Crippen LogP contribution in [0.25, 0.3) is 11.1 Å². The van der Waals surface area contributed by atoms with Crippen LogP contribution in [-0.4, -0.2) is 49.3 Å². The summed E-state index contributed by atoms with van der Waals surface area (Å²) < 4.78 is 27.1. The monoisotopic (exact) mass is 450 g/mol. The van der Waals surface area contributed by atoms with Gasteiger partial charge in [-0.25, -0.2) is 8.42 Å². The first-order valence-corrected chi connectivity index (χ1v) is 12.0. The van der Waals surface area contributed by atoms with Crippen LogP contribution >= 0.6 is 0 Å². The molecular formula is C25H26N2O4S. The van der Waals surface area contributed by atoms with Crippen molar-refractivity contribution in [2.45, 2.75) is 24.8 Å². The lowest BCUT2D eigenvalue weighted by atomic mass is 10.1. The lowest BCUT2D eigenvalue weighted by molar-refractivity contribution is 0.0313. The fraction of sp³-hybridized carbons (Fsp3) is 0.240. The molecule has 7 heteroatoms. The van der Waals surface area contributed by atoms with Crippen LogP contribution in [0, 0.1) is 6.92 Å². The van der Waals surface area contributed by atoms with Gasteiger partial charge in [0.1, 0.15) is 18.4 Å². The number of likely N-dealkylation sites (N-methyl/N-ethyl adjacent to an activating group) is 1. The van der Waals surface area contributed by atoms with Crippen LogP contribution in [0.5, 0.6) is 0 Å². The lowest BCUT2D eigenvalue weighted by Gasteiger charge is -2.23. The molecule has 0 heterocycles. The van der Waals surface area contributed by atoms with Gasteiger partial charge in [0.25, 0.3) is 0 Å². The molecule has 1 aliphatic carbocycles. The van der Waals surface area contributed by atoms with Gasteiger partial charge < -0.3 is 9.94 Å². The predicted octanol–water partition coefficient (Wildman–Crippen LogP) is 3.82. The van der Waals surface area contributed by atoms with Crippen LogP contribution in [0.4, 0.5) is 0 Å². The number of hydrogen-bond donors (Lipinski definition) is 1. The summed E-state index contributed by atoms with van der Waals surface area (Å²) in [6.07, 6.45) is -1.02. The highest BCUT2D eigenvalue weighted by Gasteiger charge is 2.27. The number of nitrogens with zero attached hydrogens (tertiary/aromatic N) is 2. The Bertz CT molecular complexity index is 1190. The Kier molecular flexibility index (Phi) is 6.41. The maximum atomic E-state index is 12.9. The van der Waals surface area contributed by atoms with Gasteiger partial charge in [-0.15, -0.1) is 0 Å². The molecule has 1 N–H and O–H groups in total. The third-order valence-corrected chi connectivity index (χ3v) is 7.46. The SMILES string of the molecule is CCN(C[C@@H](O)CON=C1c2ccccc2-c2ccccc21)S(=O)(=O)c1ccc(C)cc1. The number of sulfonamides is 1. The summed E-state index contributed by atoms with van der Waals surface area (Å²) in [6, 6.07) is 22.6. The summed E-state index contributed by atoms with van der Waals surface area (Å²) in [5.74, 6) is 0. The Labute approximate surface area is 188 Å². The first kappa shape index (κ1) is 22.2. The lowest BCUT2D eigenvalue weighted by Crippen LogP contribution is -2.38. The number of hydrogen-bond acceptors (Lipinski definition) is 5. The van der Waals surface area contributed by atoms with Crippen molar-refractivity contribution in [3.05, 3.63) is 89.5 Å². The van der Waals surface area contributed by atoms with E-state index in [9.17, 15) is 13.5 Å². The molecule has 1 atom stereocenters. The van der Waals surface area contributed by atoms with E-state index in [1.807, 2.05) is 55.5 Å². The van der Waals surface area contributed by atoms with Gasteiger partial charge in [0, 0.05) is 24.2 Å². The van der Waals surface area contributed by atoms with Gasteiger partial charge in [0.15, 0.2) is 0 Å². The molecule has 0 aromatic heterocycles. The number of oxime groups is 1. The van der Waals surface area contributed by atoms with Gasteiger partial charge in [0.05, 0.1) is 4.90 Å². The van der Waals surface area contributed by atoms with E-state index in [1.54, 1.807) is 31.2 Å². The highest BCUT2D eigenvalue weighted by molar-refractivity contribution is 7.89. The van der Waals surface area contributed by atoms with Crippen molar-refractivity contribution < 1.29 is 18.4 Å². The molecule has 1 aliphatic rings. The van der Waals surface area contributed by atoms with Crippen molar-refractivity contribution >= 4 is 15.7 Å². The third-order valence-electron chi connectivity index (χ3n) is 5.50. The molecule has 6 nitrogen and oxygen atoms in total. The number of benzene rings is 3. The van der Waals surface area contributed by atoms with Crippen LogP contribution in [0.3, 0.4) is 0 Å². The van der Waals surface area contributed by atoms with Crippen molar-refractivity contribution in [2.24, 2.45) is 5.16 Å². The van der Waals surface area contributed by atoms with Crippen molar-refractivity contribution in [3.8, 4) is 11.1 Å². The van der Waals surface area contributed by atoms with E-state index in [0.29, 0.717) is 5.71 Å². The normalized spacial score (nSPS) is 13.6. The standard InChI is InChI=1S/C25H26N2O4S/c1-3-27(32(29,30)20-14-12-18(2)13-15-20)16-19(28)17-31-26-25-23-10-6-4-8-21(23)22-9-5-7-11-24(22)25/h4-15,19,28H,3,16-17H2,1-2H3/t19-/m1/s1. The molecule has 0 saturated heterocycles. The van der Waals surface area contributed by atoms with E-state index < -0.39 is 16.1 Å².